The third-order valence-corrected chi connectivity index (χ3v) is 5.65. The van der Waals surface area contributed by atoms with Crippen molar-refractivity contribution in [1.29, 1.82) is 0 Å². The van der Waals surface area contributed by atoms with Crippen molar-refractivity contribution in [3.63, 3.8) is 0 Å². The minimum Gasteiger partial charge on any atom is -0.497 e. The van der Waals surface area contributed by atoms with Crippen molar-refractivity contribution >= 4 is 16.0 Å². The number of nitrogens with zero attached hydrogens (tertiary/aromatic N) is 1. The molecule has 0 unspecified atom stereocenters. The molecular formula is C13H18N2O5S. The second-order valence-electron chi connectivity index (χ2n) is 5.04. The van der Waals surface area contributed by atoms with Crippen molar-refractivity contribution < 1.29 is 23.1 Å². The number of piperidine rings is 1. The average molecular weight is 314 g/mol. The molecule has 1 heterocycles. The lowest BCUT2D eigenvalue weighted by atomic mass is 9.90. The second kappa shape index (κ2) is 5.63. The molecule has 1 saturated heterocycles. The van der Waals surface area contributed by atoms with Gasteiger partial charge in [0.2, 0.25) is 10.0 Å². The molecule has 0 aliphatic carbocycles. The summed E-state index contributed by atoms with van der Waals surface area (Å²) in [7, 11) is -2.13. The summed E-state index contributed by atoms with van der Waals surface area (Å²) in [6.07, 6.45) is 0.190. The van der Waals surface area contributed by atoms with Crippen LogP contribution in [-0.4, -0.2) is 49.5 Å². The molecule has 0 radical (unpaired) electrons. The van der Waals surface area contributed by atoms with Crippen LogP contribution in [0.15, 0.2) is 29.2 Å². The number of sulfonamides is 1. The molecule has 1 aromatic carbocycles. The van der Waals surface area contributed by atoms with E-state index in [4.69, 9.17) is 15.6 Å². The monoisotopic (exact) mass is 314 g/mol. The molecule has 0 bridgehead atoms. The number of carboxylic acids is 1. The van der Waals surface area contributed by atoms with Crippen molar-refractivity contribution in [2.45, 2.75) is 23.3 Å². The van der Waals surface area contributed by atoms with Gasteiger partial charge in [-0.1, -0.05) is 0 Å². The fourth-order valence-electron chi connectivity index (χ4n) is 2.24. The Hall–Kier alpha value is -1.64. The molecule has 8 heteroatoms. The van der Waals surface area contributed by atoms with Crippen LogP contribution < -0.4 is 10.5 Å². The summed E-state index contributed by atoms with van der Waals surface area (Å²) in [5.74, 6) is -0.525. The number of carboxylic acid groups (broad SMARTS) is 1. The Balaban J connectivity index is 2.16. The van der Waals surface area contributed by atoms with Crippen LogP contribution >= 0.6 is 0 Å². The van der Waals surface area contributed by atoms with Crippen LogP contribution in [0.1, 0.15) is 12.8 Å². The largest absolute Gasteiger partial charge is 0.497 e. The minimum absolute atomic E-state index is 0.0944. The van der Waals surface area contributed by atoms with Crippen LogP contribution in [0.5, 0.6) is 5.75 Å². The normalized spacial score (nSPS) is 19.1. The maximum atomic E-state index is 12.5. The molecule has 116 valence electrons. The predicted molar refractivity (Wildman–Crippen MR) is 75.5 cm³/mol. The number of carbonyl (C=O) groups is 1. The number of hydrogen-bond acceptors (Lipinski definition) is 5. The molecule has 0 amide bonds. The molecule has 1 aliphatic heterocycles. The number of aliphatic carboxylic acids is 1. The Morgan fingerprint density at radius 1 is 1.29 bits per heavy atom. The summed E-state index contributed by atoms with van der Waals surface area (Å²) in [6.45, 7) is 0.189. The summed E-state index contributed by atoms with van der Waals surface area (Å²) < 4.78 is 31.2. The molecule has 21 heavy (non-hydrogen) atoms. The van der Waals surface area contributed by atoms with Crippen LogP contribution in [0.2, 0.25) is 0 Å². The van der Waals surface area contributed by atoms with Gasteiger partial charge in [0.1, 0.15) is 11.3 Å². The Morgan fingerprint density at radius 2 is 1.81 bits per heavy atom. The van der Waals surface area contributed by atoms with Gasteiger partial charge in [0.05, 0.1) is 12.0 Å². The molecule has 3 N–H and O–H groups in total. The summed E-state index contributed by atoms with van der Waals surface area (Å²) in [5, 5.41) is 9.05. The quantitative estimate of drug-likeness (QED) is 0.825. The SMILES string of the molecule is COc1ccc(S(=O)(=O)N2CCC(N)(C(=O)O)CC2)cc1. The zero-order valence-electron chi connectivity index (χ0n) is 11.7. The third-order valence-electron chi connectivity index (χ3n) is 3.74. The summed E-state index contributed by atoms with van der Waals surface area (Å²) in [4.78, 5) is 11.2. The lowest BCUT2D eigenvalue weighted by Crippen LogP contribution is -2.56. The summed E-state index contributed by atoms with van der Waals surface area (Å²) in [5.41, 5.74) is 4.41. The molecule has 7 nitrogen and oxygen atoms in total. The van der Waals surface area contributed by atoms with E-state index >= 15 is 0 Å². The Bertz CT molecular complexity index is 618. The highest BCUT2D eigenvalue weighted by atomic mass is 32.2. The van der Waals surface area contributed by atoms with Crippen LogP contribution in [0, 0.1) is 0 Å². The smallest absolute Gasteiger partial charge is 0.323 e. The molecular weight excluding hydrogens is 296 g/mol. The van der Waals surface area contributed by atoms with Gasteiger partial charge in [-0.25, -0.2) is 8.42 Å². The number of methoxy groups -OCH3 is 1. The van der Waals surface area contributed by atoms with E-state index in [0.29, 0.717) is 5.75 Å². The van der Waals surface area contributed by atoms with Gasteiger partial charge in [0, 0.05) is 13.1 Å². The Morgan fingerprint density at radius 3 is 2.24 bits per heavy atom. The van der Waals surface area contributed by atoms with Crippen molar-refractivity contribution in [3.05, 3.63) is 24.3 Å². The highest BCUT2D eigenvalue weighted by molar-refractivity contribution is 7.89. The first-order chi connectivity index (χ1) is 9.79. The third kappa shape index (κ3) is 3.02. The number of rotatable bonds is 4. The lowest BCUT2D eigenvalue weighted by molar-refractivity contribution is -0.144. The van der Waals surface area contributed by atoms with E-state index in [1.54, 1.807) is 12.1 Å². The van der Waals surface area contributed by atoms with Crippen LogP contribution in [0.25, 0.3) is 0 Å². The fraction of sp³-hybridized carbons (Fsp3) is 0.462. The summed E-state index contributed by atoms with van der Waals surface area (Å²) >= 11 is 0. The van der Waals surface area contributed by atoms with E-state index in [1.165, 1.54) is 23.5 Å². The van der Waals surface area contributed by atoms with Gasteiger partial charge in [0.25, 0.3) is 0 Å². The van der Waals surface area contributed by atoms with Gasteiger partial charge in [-0.2, -0.15) is 4.31 Å². The second-order valence-corrected chi connectivity index (χ2v) is 6.98. The molecule has 0 spiro atoms. The van der Waals surface area contributed by atoms with Gasteiger partial charge in [-0.15, -0.1) is 0 Å². The standard InChI is InChI=1S/C13H18N2O5S/c1-20-10-2-4-11(5-3-10)21(18,19)15-8-6-13(14,7-9-15)12(16)17/h2-5H,6-9,14H2,1H3,(H,16,17). The Kier molecular flexibility index (Phi) is 4.22. The number of benzene rings is 1. The van der Waals surface area contributed by atoms with E-state index in [-0.39, 0.29) is 30.8 Å². The van der Waals surface area contributed by atoms with E-state index in [9.17, 15) is 13.2 Å². The van der Waals surface area contributed by atoms with Crippen LogP contribution in [0.3, 0.4) is 0 Å². The first-order valence-electron chi connectivity index (χ1n) is 6.46. The predicted octanol–water partition coefficient (Wildman–Crippen LogP) is 0.262. The maximum Gasteiger partial charge on any atom is 0.323 e. The molecule has 2 rings (SSSR count). The number of hydrogen-bond donors (Lipinski definition) is 2. The topological polar surface area (TPSA) is 110 Å². The first kappa shape index (κ1) is 15.7. The molecule has 0 saturated carbocycles. The van der Waals surface area contributed by atoms with Gasteiger partial charge in [-0.05, 0) is 37.1 Å². The van der Waals surface area contributed by atoms with E-state index in [1.807, 2.05) is 0 Å². The van der Waals surface area contributed by atoms with Crippen molar-refractivity contribution in [2.75, 3.05) is 20.2 Å². The van der Waals surface area contributed by atoms with E-state index in [0.717, 1.165) is 0 Å². The minimum atomic E-state index is -3.63. The van der Waals surface area contributed by atoms with Gasteiger partial charge in [-0.3, -0.25) is 4.79 Å². The molecule has 0 aromatic heterocycles. The average Bonchev–Trinajstić information content (AvgIpc) is 2.47. The van der Waals surface area contributed by atoms with Crippen molar-refractivity contribution in [1.82, 2.24) is 4.31 Å². The first-order valence-corrected chi connectivity index (χ1v) is 7.90. The fourth-order valence-corrected chi connectivity index (χ4v) is 3.68. The van der Waals surface area contributed by atoms with E-state index < -0.39 is 21.5 Å². The molecule has 1 aliphatic rings. The molecule has 1 fully saturated rings. The number of nitrogens with two attached hydrogens (primary N) is 1. The summed E-state index contributed by atoms with van der Waals surface area (Å²) in [6, 6.07) is 6.08. The van der Waals surface area contributed by atoms with Gasteiger partial charge >= 0.3 is 5.97 Å². The van der Waals surface area contributed by atoms with Crippen molar-refractivity contribution in [3.8, 4) is 5.75 Å². The van der Waals surface area contributed by atoms with Crippen molar-refractivity contribution in [2.24, 2.45) is 5.73 Å². The van der Waals surface area contributed by atoms with E-state index in [2.05, 4.69) is 0 Å². The zero-order chi connectivity index (χ0) is 15.7. The maximum absolute atomic E-state index is 12.5. The van der Waals surface area contributed by atoms with Crippen LogP contribution in [0.4, 0.5) is 0 Å². The zero-order valence-corrected chi connectivity index (χ0v) is 12.5. The van der Waals surface area contributed by atoms with Crippen LogP contribution in [-0.2, 0) is 14.8 Å². The molecule has 1 aromatic rings. The number of ether oxygens (including phenoxy) is 1. The highest BCUT2D eigenvalue weighted by Gasteiger charge is 2.40. The van der Waals surface area contributed by atoms with Gasteiger partial charge in [0.15, 0.2) is 0 Å². The molecule has 0 atom stereocenters. The lowest BCUT2D eigenvalue weighted by Gasteiger charge is -2.35. The van der Waals surface area contributed by atoms with Gasteiger partial charge < -0.3 is 15.6 Å². The Labute approximate surface area is 123 Å². The highest BCUT2D eigenvalue weighted by Crippen LogP contribution is 2.26.